The Morgan fingerprint density at radius 2 is 1.73 bits per heavy atom. The number of hydrogen-bond donors (Lipinski definition) is 1. The first kappa shape index (κ1) is 12.6. The molecule has 0 aliphatic heterocycles. The van der Waals surface area contributed by atoms with E-state index < -0.39 is 0 Å². The Labute approximate surface area is 96.9 Å². The van der Waals surface area contributed by atoms with Crippen LogP contribution in [0, 0.1) is 5.92 Å². The van der Waals surface area contributed by atoms with Crippen molar-refractivity contribution in [1.29, 1.82) is 0 Å². The highest BCUT2D eigenvalue weighted by molar-refractivity contribution is 7.99. The Kier molecular flexibility index (Phi) is 5.20. The van der Waals surface area contributed by atoms with Crippen molar-refractivity contribution in [2.75, 3.05) is 5.75 Å². The van der Waals surface area contributed by atoms with Crippen molar-refractivity contribution in [3.8, 4) is 0 Å². The summed E-state index contributed by atoms with van der Waals surface area (Å²) in [6.45, 7) is 6.29. The monoisotopic (exact) mass is 224 g/mol. The third-order valence-electron chi connectivity index (χ3n) is 2.33. The van der Waals surface area contributed by atoms with Crippen molar-refractivity contribution < 1.29 is 5.11 Å². The lowest BCUT2D eigenvalue weighted by molar-refractivity contribution is 0.199. The van der Waals surface area contributed by atoms with Gasteiger partial charge in [0, 0.05) is 4.90 Å². The fourth-order valence-corrected chi connectivity index (χ4v) is 2.41. The minimum atomic E-state index is -0.361. The standard InChI is InChI=1S/C13H20OS/c1-10(2)8-9-15-13-6-4-12(5-7-13)11(3)14/h4-7,10-11,14H,8-9H2,1-3H3/t11-/m1/s1. The number of aliphatic hydroxyl groups excluding tert-OH is 1. The molecule has 0 unspecified atom stereocenters. The quantitative estimate of drug-likeness (QED) is 0.766. The van der Waals surface area contributed by atoms with Crippen LogP contribution in [0.25, 0.3) is 0 Å². The van der Waals surface area contributed by atoms with Gasteiger partial charge in [0.25, 0.3) is 0 Å². The SMILES string of the molecule is CC(C)CCSc1ccc([C@@H](C)O)cc1. The maximum absolute atomic E-state index is 9.36. The van der Waals surface area contributed by atoms with Crippen LogP contribution in [-0.4, -0.2) is 10.9 Å². The summed E-state index contributed by atoms with van der Waals surface area (Å²) in [6, 6.07) is 8.19. The Morgan fingerprint density at radius 1 is 1.13 bits per heavy atom. The van der Waals surface area contributed by atoms with Crippen molar-refractivity contribution in [2.45, 2.75) is 38.2 Å². The predicted molar refractivity (Wildman–Crippen MR) is 67.3 cm³/mol. The third-order valence-corrected chi connectivity index (χ3v) is 3.37. The highest BCUT2D eigenvalue weighted by atomic mass is 32.2. The largest absolute Gasteiger partial charge is 0.389 e. The van der Waals surface area contributed by atoms with Crippen LogP contribution in [0.1, 0.15) is 38.9 Å². The van der Waals surface area contributed by atoms with E-state index in [9.17, 15) is 5.11 Å². The minimum Gasteiger partial charge on any atom is -0.389 e. The molecule has 1 nitrogen and oxygen atoms in total. The number of rotatable bonds is 5. The Morgan fingerprint density at radius 3 is 2.20 bits per heavy atom. The second kappa shape index (κ2) is 6.19. The van der Waals surface area contributed by atoms with Gasteiger partial charge in [-0.25, -0.2) is 0 Å². The average molecular weight is 224 g/mol. The molecule has 0 fully saturated rings. The zero-order chi connectivity index (χ0) is 11.3. The molecule has 0 amide bonds. The Balaban J connectivity index is 2.43. The van der Waals surface area contributed by atoms with Crippen molar-refractivity contribution in [3.05, 3.63) is 29.8 Å². The molecule has 1 aromatic carbocycles. The summed E-state index contributed by atoms with van der Waals surface area (Å²) in [5.74, 6) is 1.94. The van der Waals surface area contributed by atoms with Gasteiger partial charge < -0.3 is 5.11 Å². The molecule has 0 bridgehead atoms. The van der Waals surface area contributed by atoms with E-state index in [4.69, 9.17) is 0 Å². The smallest absolute Gasteiger partial charge is 0.0761 e. The summed E-state index contributed by atoms with van der Waals surface area (Å²) in [6.07, 6.45) is 0.891. The van der Waals surface area contributed by atoms with Gasteiger partial charge in [-0.1, -0.05) is 26.0 Å². The second-order valence-electron chi connectivity index (χ2n) is 4.28. The van der Waals surface area contributed by atoms with E-state index in [0.717, 1.165) is 11.5 Å². The molecule has 1 atom stereocenters. The van der Waals surface area contributed by atoms with Crippen molar-refractivity contribution in [3.63, 3.8) is 0 Å². The van der Waals surface area contributed by atoms with Crippen LogP contribution in [0.4, 0.5) is 0 Å². The molecule has 2 heteroatoms. The van der Waals surface area contributed by atoms with Gasteiger partial charge in [0.2, 0.25) is 0 Å². The van der Waals surface area contributed by atoms with Crippen LogP contribution in [0.2, 0.25) is 0 Å². The first-order chi connectivity index (χ1) is 7.09. The molecule has 0 heterocycles. The zero-order valence-corrected chi connectivity index (χ0v) is 10.6. The van der Waals surface area contributed by atoms with Gasteiger partial charge in [-0.3, -0.25) is 0 Å². The van der Waals surface area contributed by atoms with Gasteiger partial charge in [0.05, 0.1) is 6.10 Å². The number of hydrogen-bond acceptors (Lipinski definition) is 2. The van der Waals surface area contributed by atoms with E-state index in [0.29, 0.717) is 0 Å². The highest BCUT2D eigenvalue weighted by Crippen LogP contribution is 2.22. The summed E-state index contributed by atoms with van der Waals surface area (Å²) in [7, 11) is 0. The summed E-state index contributed by atoms with van der Waals surface area (Å²) in [5.41, 5.74) is 0.989. The molecule has 15 heavy (non-hydrogen) atoms. The van der Waals surface area contributed by atoms with Gasteiger partial charge in [-0.05, 0) is 42.7 Å². The molecule has 0 aliphatic rings. The van der Waals surface area contributed by atoms with Crippen molar-refractivity contribution >= 4 is 11.8 Å². The predicted octanol–water partition coefficient (Wildman–Crippen LogP) is 3.88. The zero-order valence-electron chi connectivity index (χ0n) is 9.73. The molecule has 0 aliphatic carbocycles. The van der Waals surface area contributed by atoms with Gasteiger partial charge in [0.1, 0.15) is 0 Å². The molecular formula is C13H20OS. The van der Waals surface area contributed by atoms with E-state index in [-0.39, 0.29) is 6.10 Å². The normalized spacial score (nSPS) is 13.1. The lowest BCUT2D eigenvalue weighted by Gasteiger charge is -2.07. The molecule has 0 radical (unpaired) electrons. The first-order valence-electron chi connectivity index (χ1n) is 5.50. The second-order valence-corrected chi connectivity index (χ2v) is 5.44. The van der Waals surface area contributed by atoms with E-state index in [1.165, 1.54) is 17.1 Å². The average Bonchev–Trinajstić information content (AvgIpc) is 2.18. The fraction of sp³-hybridized carbons (Fsp3) is 0.538. The number of benzene rings is 1. The maximum Gasteiger partial charge on any atom is 0.0761 e. The molecule has 0 saturated heterocycles. The Bertz CT molecular complexity index is 277. The molecule has 0 aromatic heterocycles. The lowest BCUT2D eigenvalue weighted by Crippen LogP contribution is -1.91. The minimum absolute atomic E-state index is 0.361. The van der Waals surface area contributed by atoms with Gasteiger partial charge in [-0.2, -0.15) is 0 Å². The van der Waals surface area contributed by atoms with E-state index in [1.807, 2.05) is 23.9 Å². The summed E-state index contributed by atoms with van der Waals surface area (Å²) < 4.78 is 0. The van der Waals surface area contributed by atoms with E-state index in [2.05, 4.69) is 26.0 Å². The fourth-order valence-electron chi connectivity index (χ4n) is 1.26. The topological polar surface area (TPSA) is 20.2 Å². The van der Waals surface area contributed by atoms with Crippen LogP contribution < -0.4 is 0 Å². The van der Waals surface area contributed by atoms with Crippen LogP contribution in [0.3, 0.4) is 0 Å². The Hall–Kier alpha value is -0.470. The van der Waals surface area contributed by atoms with Crippen LogP contribution in [0.15, 0.2) is 29.2 Å². The summed E-state index contributed by atoms with van der Waals surface area (Å²) in [5, 5.41) is 9.36. The third kappa shape index (κ3) is 4.72. The van der Waals surface area contributed by atoms with Crippen molar-refractivity contribution in [2.24, 2.45) is 5.92 Å². The van der Waals surface area contributed by atoms with Gasteiger partial charge in [-0.15, -0.1) is 11.8 Å². The van der Waals surface area contributed by atoms with E-state index in [1.54, 1.807) is 6.92 Å². The molecule has 0 saturated carbocycles. The van der Waals surface area contributed by atoms with Crippen LogP contribution >= 0.6 is 11.8 Å². The van der Waals surface area contributed by atoms with Crippen LogP contribution in [-0.2, 0) is 0 Å². The molecular weight excluding hydrogens is 204 g/mol. The molecule has 1 aromatic rings. The summed E-state index contributed by atoms with van der Waals surface area (Å²) in [4.78, 5) is 1.29. The first-order valence-corrected chi connectivity index (χ1v) is 6.49. The number of aliphatic hydroxyl groups is 1. The lowest BCUT2D eigenvalue weighted by atomic mass is 10.1. The van der Waals surface area contributed by atoms with Gasteiger partial charge in [0.15, 0.2) is 0 Å². The maximum atomic E-state index is 9.36. The summed E-state index contributed by atoms with van der Waals surface area (Å²) >= 11 is 1.89. The van der Waals surface area contributed by atoms with Crippen molar-refractivity contribution in [1.82, 2.24) is 0 Å². The van der Waals surface area contributed by atoms with Gasteiger partial charge >= 0.3 is 0 Å². The molecule has 84 valence electrons. The molecule has 1 N–H and O–H groups in total. The molecule has 0 spiro atoms. The highest BCUT2D eigenvalue weighted by Gasteiger charge is 2.01. The van der Waals surface area contributed by atoms with Crippen LogP contribution in [0.5, 0.6) is 0 Å². The number of thioether (sulfide) groups is 1. The van der Waals surface area contributed by atoms with E-state index >= 15 is 0 Å². The molecule has 1 rings (SSSR count).